The first-order valence-corrected chi connectivity index (χ1v) is 5.82. The van der Waals surface area contributed by atoms with Gasteiger partial charge in [0.2, 0.25) is 0 Å². The number of hydrogen-bond acceptors (Lipinski definition) is 3. The molecule has 0 aliphatic rings. The molecule has 0 aromatic heterocycles. The molecule has 5 nitrogen and oxygen atoms in total. The fraction of sp³-hybridized carbons (Fsp3) is 0.800. The summed E-state index contributed by atoms with van der Waals surface area (Å²) in [5, 5.41) is 2.81. The molecule has 0 heterocycles. The molecule has 6 heteroatoms. The Morgan fingerprint density at radius 1 is 1.50 bits per heavy atom. The summed E-state index contributed by atoms with van der Waals surface area (Å²) in [6, 6.07) is -0.0878. The summed E-state index contributed by atoms with van der Waals surface area (Å²) in [7, 11) is 1.61. The highest BCUT2D eigenvalue weighted by molar-refractivity contribution is 7.80. The van der Waals surface area contributed by atoms with Crippen molar-refractivity contribution in [1.29, 1.82) is 0 Å². The van der Waals surface area contributed by atoms with Crippen molar-refractivity contribution in [2.24, 2.45) is 5.73 Å². The van der Waals surface area contributed by atoms with E-state index in [0.717, 1.165) is 6.42 Å². The summed E-state index contributed by atoms with van der Waals surface area (Å²) in [6.45, 7) is 4.28. The van der Waals surface area contributed by atoms with Crippen LogP contribution in [0.3, 0.4) is 0 Å². The van der Waals surface area contributed by atoms with Gasteiger partial charge < -0.3 is 20.7 Å². The summed E-state index contributed by atoms with van der Waals surface area (Å²) in [4.78, 5) is 13.8. The fourth-order valence-electron chi connectivity index (χ4n) is 1.11. The van der Waals surface area contributed by atoms with E-state index in [1.54, 1.807) is 12.0 Å². The largest absolute Gasteiger partial charge is 0.393 e. The minimum absolute atomic E-state index is 0.0878. The smallest absolute Gasteiger partial charge is 0.317 e. The van der Waals surface area contributed by atoms with Crippen molar-refractivity contribution >= 4 is 23.2 Å². The maximum absolute atomic E-state index is 11.7. The number of rotatable bonds is 8. The van der Waals surface area contributed by atoms with E-state index in [9.17, 15) is 4.79 Å². The van der Waals surface area contributed by atoms with Gasteiger partial charge >= 0.3 is 6.03 Å². The van der Waals surface area contributed by atoms with Crippen molar-refractivity contribution in [3.63, 3.8) is 0 Å². The van der Waals surface area contributed by atoms with Gasteiger partial charge in [-0.05, 0) is 6.42 Å². The van der Waals surface area contributed by atoms with Crippen LogP contribution in [0.2, 0.25) is 0 Å². The number of carbonyl (C=O) groups excluding carboxylic acids is 1. The number of thiocarbonyl (C=S) groups is 1. The van der Waals surface area contributed by atoms with E-state index < -0.39 is 0 Å². The lowest BCUT2D eigenvalue weighted by molar-refractivity contribution is 0.150. The van der Waals surface area contributed by atoms with E-state index in [4.69, 9.17) is 22.7 Å². The molecule has 0 atom stereocenters. The van der Waals surface area contributed by atoms with Gasteiger partial charge in [-0.3, -0.25) is 0 Å². The first kappa shape index (κ1) is 15.1. The molecule has 2 amide bonds. The number of nitrogens with one attached hydrogen (secondary N) is 1. The Morgan fingerprint density at radius 2 is 2.19 bits per heavy atom. The van der Waals surface area contributed by atoms with Crippen molar-refractivity contribution in [3.05, 3.63) is 0 Å². The molecule has 0 radical (unpaired) electrons. The molecule has 3 N–H and O–H groups in total. The molecular formula is C10H21N3O2S. The van der Waals surface area contributed by atoms with E-state index in [1.165, 1.54) is 0 Å². The van der Waals surface area contributed by atoms with E-state index >= 15 is 0 Å². The molecule has 94 valence electrons. The summed E-state index contributed by atoms with van der Waals surface area (Å²) < 4.78 is 4.95. The number of carbonyl (C=O) groups is 1. The Hall–Kier alpha value is -0.880. The second kappa shape index (κ2) is 9.35. The van der Waals surface area contributed by atoms with Gasteiger partial charge in [-0.15, -0.1) is 0 Å². The monoisotopic (exact) mass is 247 g/mol. The van der Waals surface area contributed by atoms with Crippen LogP contribution in [0, 0.1) is 0 Å². The zero-order valence-corrected chi connectivity index (χ0v) is 10.8. The Bertz CT molecular complexity index is 224. The minimum atomic E-state index is -0.0878. The summed E-state index contributed by atoms with van der Waals surface area (Å²) in [5.74, 6) is 0. The Morgan fingerprint density at radius 3 is 2.69 bits per heavy atom. The van der Waals surface area contributed by atoms with Gasteiger partial charge in [0.1, 0.15) is 0 Å². The lowest BCUT2D eigenvalue weighted by Crippen LogP contribution is -2.43. The van der Waals surface area contributed by atoms with Crippen LogP contribution in [-0.2, 0) is 4.74 Å². The van der Waals surface area contributed by atoms with Crippen LogP contribution in [0.4, 0.5) is 4.79 Å². The number of urea groups is 1. The molecule has 0 fully saturated rings. The molecule has 0 aliphatic carbocycles. The molecule has 0 unspecified atom stereocenters. The van der Waals surface area contributed by atoms with Crippen molar-refractivity contribution in [1.82, 2.24) is 10.2 Å². The third kappa shape index (κ3) is 7.42. The van der Waals surface area contributed by atoms with Crippen molar-refractivity contribution < 1.29 is 9.53 Å². The van der Waals surface area contributed by atoms with Gasteiger partial charge in [-0.2, -0.15) is 0 Å². The summed E-state index contributed by atoms with van der Waals surface area (Å²) in [5.41, 5.74) is 5.41. The predicted molar refractivity (Wildman–Crippen MR) is 68.5 cm³/mol. The van der Waals surface area contributed by atoms with Crippen LogP contribution in [-0.4, -0.2) is 49.3 Å². The summed E-state index contributed by atoms with van der Waals surface area (Å²) >= 11 is 4.79. The number of methoxy groups -OCH3 is 1. The maximum atomic E-state index is 11.7. The van der Waals surface area contributed by atoms with Crippen LogP contribution < -0.4 is 11.1 Å². The lowest BCUT2D eigenvalue weighted by atomic mass is 10.4. The molecular weight excluding hydrogens is 226 g/mol. The third-order valence-corrected chi connectivity index (χ3v) is 2.21. The molecule has 0 spiro atoms. The zero-order valence-electron chi connectivity index (χ0n) is 9.99. The standard InChI is InChI=1S/C10H21N3O2S/c1-3-5-12-10(14)13(7-8-15-2)6-4-9(11)16/h3-8H2,1-2H3,(H2,11,16)(H,12,14). The van der Waals surface area contributed by atoms with Crippen molar-refractivity contribution in [2.75, 3.05) is 33.4 Å². The second-order valence-electron chi connectivity index (χ2n) is 3.43. The average molecular weight is 247 g/mol. The van der Waals surface area contributed by atoms with Gasteiger partial charge in [0.25, 0.3) is 0 Å². The van der Waals surface area contributed by atoms with Gasteiger partial charge in [0.05, 0.1) is 11.6 Å². The van der Waals surface area contributed by atoms with Crippen LogP contribution in [0.1, 0.15) is 19.8 Å². The van der Waals surface area contributed by atoms with Crippen LogP contribution in [0.25, 0.3) is 0 Å². The number of nitrogens with zero attached hydrogens (tertiary/aromatic N) is 1. The van der Waals surface area contributed by atoms with Gasteiger partial charge in [0.15, 0.2) is 0 Å². The number of amides is 2. The normalized spacial score (nSPS) is 9.88. The number of ether oxygens (including phenoxy) is 1. The third-order valence-electron chi connectivity index (χ3n) is 2.01. The fourth-order valence-corrected chi connectivity index (χ4v) is 1.20. The quantitative estimate of drug-likeness (QED) is 0.621. The van der Waals surface area contributed by atoms with Crippen LogP contribution in [0.15, 0.2) is 0 Å². The second-order valence-corrected chi connectivity index (χ2v) is 3.95. The molecule has 16 heavy (non-hydrogen) atoms. The van der Waals surface area contributed by atoms with E-state index in [-0.39, 0.29) is 6.03 Å². The Labute approximate surface area is 102 Å². The van der Waals surface area contributed by atoms with Crippen LogP contribution in [0.5, 0.6) is 0 Å². The predicted octanol–water partition coefficient (Wildman–Crippen LogP) is 0.731. The highest BCUT2D eigenvalue weighted by Gasteiger charge is 2.12. The topological polar surface area (TPSA) is 67.6 Å². The van der Waals surface area contributed by atoms with Gasteiger partial charge in [-0.25, -0.2) is 4.79 Å². The summed E-state index contributed by atoms with van der Waals surface area (Å²) in [6.07, 6.45) is 1.46. The first-order valence-electron chi connectivity index (χ1n) is 5.41. The lowest BCUT2D eigenvalue weighted by Gasteiger charge is -2.22. The van der Waals surface area contributed by atoms with E-state index in [2.05, 4.69) is 5.32 Å². The Balaban J connectivity index is 4.06. The first-order chi connectivity index (χ1) is 7.61. The van der Waals surface area contributed by atoms with Crippen LogP contribution >= 0.6 is 12.2 Å². The highest BCUT2D eigenvalue weighted by Crippen LogP contribution is 1.94. The zero-order chi connectivity index (χ0) is 12.4. The van der Waals surface area contributed by atoms with Crippen molar-refractivity contribution in [2.45, 2.75) is 19.8 Å². The maximum Gasteiger partial charge on any atom is 0.317 e. The van der Waals surface area contributed by atoms with E-state index in [0.29, 0.717) is 37.7 Å². The molecule has 0 saturated heterocycles. The molecule has 0 aromatic carbocycles. The minimum Gasteiger partial charge on any atom is -0.393 e. The number of hydrogen-bond donors (Lipinski definition) is 2. The highest BCUT2D eigenvalue weighted by atomic mass is 32.1. The van der Waals surface area contributed by atoms with E-state index in [1.807, 2.05) is 6.92 Å². The molecule has 0 saturated carbocycles. The SMILES string of the molecule is CCCNC(=O)N(CCOC)CCC(N)=S. The Kier molecular flexibility index (Phi) is 8.84. The van der Waals surface area contributed by atoms with Gasteiger partial charge in [-0.1, -0.05) is 19.1 Å². The average Bonchev–Trinajstić information content (AvgIpc) is 2.25. The molecule has 0 aromatic rings. The number of nitrogens with two attached hydrogens (primary N) is 1. The molecule has 0 aliphatic heterocycles. The van der Waals surface area contributed by atoms with Gasteiger partial charge in [0, 0.05) is 33.2 Å². The van der Waals surface area contributed by atoms with Crippen molar-refractivity contribution in [3.8, 4) is 0 Å². The molecule has 0 bridgehead atoms. The molecule has 0 rings (SSSR count).